The van der Waals surface area contributed by atoms with Gasteiger partial charge in [-0.05, 0) is 49.0 Å². The predicted octanol–water partition coefficient (Wildman–Crippen LogP) is 6.77. The van der Waals surface area contributed by atoms with Crippen molar-refractivity contribution in [2.24, 2.45) is 10.7 Å². The Hall–Kier alpha value is -2.50. The topological polar surface area (TPSA) is 64.2 Å². The molecule has 0 bridgehead atoms. The average Bonchev–Trinajstić information content (AvgIpc) is 2.82. The number of hydrogen-bond donors (Lipinski definition) is 1. The second kappa shape index (κ2) is 13.6. The molecule has 0 radical (unpaired) electrons. The van der Waals surface area contributed by atoms with Crippen molar-refractivity contribution in [3.8, 4) is 22.4 Å². The molecule has 0 aliphatic heterocycles. The van der Waals surface area contributed by atoms with Gasteiger partial charge < -0.3 is 5.73 Å². The minimum atomic E-state index is 0.467. The molecule has 0 aliphatic rings. The molecule has 2 aromatic heterocycles. The first-order valence-electron chi connectivity index (χ1n) is 10.1. The molecule has 0 atom stereocenters. The average molecular weight is 409 g/mol. The zero-order valence-electron chi connectivity index (χ0n) is 18.1. The maximum absolute atomic E-state index is 5.78. The molecule has 4 nitrogen and oxygen atoms in total. The fraction of sp³-hybridized carbons (Fsp3) is 0.292. The van der Waals surface area contributed by atoms with E-state index in [-0.39, 0.29) is 0 Å². The number of aryl methyl sites for hydroxylation is 1. The Balaban J connectivity index is 0.000000989. The summed E-state index contributed by atoms with van der Waals surface area (Å²) in [6.07, 6.45) is 4.61. The zero-order valence-corrected chi connectivity index (χ0v) is 19.0. The predicted molar refractivity (Wildman–Crippen MR) is 129 cm³/mol. The van der Waals surface area contributed by atoms with E-state index >= 15 is 0 Å². The van der Waals surface area contributed by atoms with Crippen molar-refractivity contribution < 1.29 is 0 Å². The van der Waals surface area contributed by atoms with E-state index in [4.69, 9.17) is 5.73 Å². The normalized spacial score (nSPS) is 9.59. The first-order chi connectivity index (χ1) is 14.3. The number of rotatable bonds is 6. The molecule has 0 unspecified atom stereocenters. The Morgan fingerprint density at radius 2 is 1.76 bits per heavy atom. The van der Waals surface area contributed by atoms with E-state index in [0.29, 0.717) is 5.88 Å². The molecule has 3 aromatic rings. The Labute approximate surface area is 179 Å². The summed E-state index contributed by atoms with van der Waals surface area (Å²) in [6.45, 7) is 13.8. The molecule has 1 aromatic carbocycles. The number of pyridine rings is 2. The highest BCUT2D eigenvalue weighted by molar-refractivity contribution is 7.99. The Morgan fingerprint density at radius 1 is 1.00 bits per heavy atom. The molecule has 0 fully saturated rings. The van der Waals surface area contributed by atoms with Gasteiger partial charge in [0.25, 0.3) is 0 Å². The van der Waals surface area contributed by atoms with Gasteiger partial charge in [-0.3, -0.25) is 15.0 Å². The van der Waals surface area contributed by atoms with Gasteiger partial charge >= 0.3 is 0 Å². The van der Waals surface area contributed by atoms with E-state index in [1.165, 1.54) is 0 Å². The fourth-order valence-electron chi connectivity index (χ4n) is 2.65. The van der Waals surface area contributed by atoms with Crippen LogP contribution < -0.4 is 5.73 Å². The Morgan fingerprint density at radius 3 is 2.28 bits per heavy atom. The Kier molecular flexibility index (Phi) is 11.5. The van der Waals surface area contributed by atoms with Crippen molar-refractivity contribution in [3.05, 3.63) is 60.6 Å². The molecule has 0 saturated heterocycles. The van der Waals surface area contributed by atoms with Crippen LogP contribution in [0, 0.1) is 0 Å². The van der Waals surface area contributed by atoms with Crippen LogP contribution in [0.2, 0.25) is 0 Å². The molecule has 0 aliphatic carbocycles. The number of aliphatic imine (C=N–C) groups is 1. The minimum Gasteiger partial charge on any atom is -0.322 e. The molecular weight excluding hydrogens is 376 g/mol. The first kappa shape index (κ1) is 24.5. The van der Waals surface area contributed by atoms with E-state index in [0.717, 1.165) is 45.1 Å². The maximum Gasteiger partial charge on any atom is 0.0771 e. The van der Waals surface area contributed by atoms with Crippen molar-refractivity contribution >= 4 is 24.2 Å². The molecule has 5 heteroatoms. The highest BCUT2D eigenvalue weighted by Gasteiger charge is 2.14. The highest BCUT2D eigenvalue weighted by atomic mass is 32.2. The standard InChI is InChI=1S/C20H20N4S.2C2H6/c1-3-16-8-7-14(12-24-16)15-10-17(18-6-4-5-9-23-18)20(25-13-21)19(11-15)22-2;2*1-2/h4-12H,2-3,13,21H2,1H3;2*1-2H3. The van der Waals surface area contributed by atoms with Crippen molar-refractivity contribution in [1.29, 1.82) is 0 Å². The summed E-state index contributed by atoms with van der Waals surface area (Å²) in [4.78, 5) is 14.2. The molecule has 0 saturated carbocycles. The van der Waals surface area contributed by atoms with E-state index in [1.54, 1.807) is 18.0 Å². The van der Waals surface area contributed by atoms with Crippen LogP contribution in [0.4, 0.5) is 5.69 Å². The molecule has 3 rings (SSSR count). The van der Waals surface area contributed by atoms with Gasteiger partial charge in [0.2, 0.25) is 0 Å². The van der Waals surface area contributed by atoms with Gasteiger partial charge in [-0.15, -0.1) is 11.8 Å². The second-order valence-corrected chi connectivity index (χ2v) is 6.48. The second-order valence-electron chi connectivity index (χ2n) is 5.45. The molecule has 0 amide bonds. The third-order valence-corrected chi connectivity index (χ3v) is 4.81. The number of thioether (sulfide) groups is 1. The van der Waals surface area contributed by atoms with Crippen molar-refractivity contribution in [2.45, 2.75) is 45.9 Å². The van der Waals surface area contributed by atoms with Gasteiger partial charge in [-0.1, -0.05) is 46.8 Å². The summed E-state index contributed by atoms with van der Waals surface area (Å²) < 4.78 is 0. The van der Waals surface area contributed by atoms with Crippen LogP contribution in [-0.2, 0) is 6.42 Å². The van der Waals surface area contributed by atoms with Gasteiger partial charge in [0.05, 0.1) is 11.4 Å². The SMILES string of the molecule is C=Nc1cc(-c2ccc(CC)nc2)cc(-c2ccccn2)c1SCN.CC.CC. The summed E-state index contributed by atoms with van der Waals surface area (Å²) in [6, 6.07) is 14.2. The van der Waals surface area contributed by atoms with Crippen LogP contribution >= 0.6 is 11.8 Å². The minimum absolute atomic E-state index is 0.467. The van der Waals surface area contributed by atoms with Gasteiger partial charge in [0, 0.05) is 40.0 Å². The lowest BCUT2D eigenvalue weighted by Gasteiger charge is -2.14. The lowest BCUT2D eigenvalue weighted by molar-refractivity contribution is 1.04. The van der Waals surface area contributed by atoms with E-state index in [9.17, 15) is 0 Å². The number of aromatic nitrogens is 2. The number of benzene rings is 1. The monoisotopic (exact) mass is 408 g/mol. The van der Waals surface area contributed by atoms with Gasteiger partial charge in [0.15, 0.2) is 0 Å². The third-order valence-electron chi connectivity index (χ3n) is 3.93. The van der Waals surface area contributed by atoms with Gasteiger partial charge in [-0.2, -0.15) is 0 Å². The molecule has 29 heavy (non-hydrogen) atoms. The molecule has 2 N–H and O–H groups in total. The summed E-state index contributed by atoms with van der Waals surface area (Å²) >= 11 is 1.55. The molecule has 0 spiro atoms. The van der Waals surface area contributed by atoms with Crippen LogP contribution in [0.25, 0.3) is 22.4 Å². The smallest absolute Gasteiger partial charge is 0.0771 e. The van der Waals surface area contributed by atoms with Crippen molar-refractivity contribution in [1.82, 2.24) is 9.97 Å². The summed E-state index contributed by atoms with van der Waals surface area (Å²) in [5.74, 6) is 0.467. The van der Waals surface area contributed by atoms with Gasteiger partial charge in [0.1, 0.15) is 0 Å². The van der Waals surface area contributed by atoms with Crippen molar-refractivity contribution in [2.75, 3.05) is 5.88 Å². The highest BCUT2D eigenvalue weighted by Crippen LogP contribution is 2.41. The maximum atomic E-state index is 5.78. The Bertz CT molecular complexity index is 862. The van der Waals surface area contributed by atoms with Crippen LogP contribution in [0.1, 0.15) is 40.3 Å². The third kappa shape index (κ3) is 6.51. The summed E-state index contributed by atoms with van der Waals surface area (Å²) in [5.41, 5.74) is 11.7. The molecule has 2 heterocycles. The van der Waals surface area contributed by atoms with Crippen LogP contribution in [0.15, 0.2) is 64.7 Å². The van der Waals surface area contributed by atoms with Crippen LogP contribution in [0.3, 0.4) is 0 Å². The molecular formula is C24H32N4S. The largest absolute Gasteiger partial charge is 0.322 e. The lowest BCUT2D eigenvalue weighted by atomic mass is 10.0. The number of hydrogen-bond acceptors (Lipinski definition) is 5. The first-order valence-corrected chi connectivity index (χ1v) is 11.1. The van der Waals surface area contributed by atoms with E-state index in [1.807, 2.05) is 58.2 Å². The van der Waals surface area contributed by atoms with Crippen molar-refractivity contribution in [3.63, 3.8) is 0 Å². The summed E-state index contributed by atoms with van der Waals surface area (Å²) in [5, 5.41) is 0. The van der Waals surface area contributed by atoms with Crippen LogP contribution in [0.5, 0.6) is 0 Å². The summed E-state index contributed by atoms with van der Waals surface area (Å²) in [7, 11) is 0. The number of nitrogens with zero attached hydrogens (tertiary/aromatic N) is 3. The van der Waals surface area contributed by atoms with Crippen LogP contribution in [-0.4, -0.2) is 22.6 Å². The lowest BCUT2D eigenvalue weighted by Crippen LogP contribution is -1.95. The van der Waals surface area contributed by atoms with E-state index < -0.39 is 0 Å². The van der Waals surface area contributed by atoms with E-state index in [2.05, 4.69) is 46.8 Å². The van der Waals surface area contributed by atoms with Gasteiger partial charge in [-0.25, -0.2) is 0 Å². The fourth-order valence-corrected chi connectivity index (χ4v) is 3.41. The zero-order chi connectivity index (χ0) is 21.6. The number of nitrogens with two attached hydrogens (primary N) is 1. The quantitative estimate of drug-likeness (QED) is 0.278. The molecule has 154 valence electrons.